The predicted molar refractivity (Wildman–Crippen MR) is 88.3 cm³/mol. The van der Waals surface area contributed by atoms with Gasteiger partial charge in [-0.05, 0) is 26.7 Å². The molecule has 8 heteroatoms. The van der Waals surface area contributed by atoms with Crippen LogP contribution in [0.5, 0.6) is 0 Å². The Balaban J connectivity index is 0.00000361. The largest absolute Gasteiger partial charge is 0.450 e. The maximum Gasteiger partial charge on any atom is 0.409 e. The molecular formula is C12H25IN4O3. The van der Waals surface area contributed by atoms with E-state index in [9.17, 15) is 4.79 Å². The van der Waals surface area contributed by atoms with Crippen molar-refractivity contribution in [2.45, 2.75) is 38.8 Å². The number of guanidine groups is 1. The summed E-state index contributed by atoms with van der Waals surface area (Å²) in [5.74, 6) is 0.343. The van der Waals surface area contributed by atoms with Crippen molar-refractivity contribution in [1.82, 2.24) is 10.2 Å². The molecule has 0 bridgehead atoms. The number of aliphatic hydroxyl groups is 1. The molecular weight excluding hydrogens is 375 g/mol. The minimum absolute atomic E-state index is 0. The summed E-state index contributed by atoms with van der Waals surface area (Å²) in [6.45, 7) is 5.46. The highest BCUT2D eigenvalue weighted by Crippen LogP contribution is 2.11. The standard InChI is InChI=1S/C12H24N4O3.HI/c1-3-19-12(18)16-6-4-10(5-7-16)15-11(13)14-8-9(2)17;/h9-10,17H,3-8H2,1-2H3,(H3,13,14,15);1H. The number of ether oxygens (including phenoxy) is 1. The summed E-state index contributed by atoms with van der Waals surface area (Å²) in [5.41, 5.74) is 5.72. The summed E-state index contributed by atoms with van der Waals surface area (Å²) in [6, 6.07) is 0.212. The molecule has 1 amide bonds. The van der Waals surface area contributed by atoms with Gasteiger partial charge in [0.15, 0.2) is 5.96 Å². The number of carbonyl (C=O) groups is 1. The van der Waals surface area contributed by atoms with Gasteiger partial charge in [0, 0.05) is 19.1 Å². The lowest BCUT2D eigenvalue weighted by atomic mass is 10.1. The number of halogens is 1. The fourth-order valence-electron chi connectivity index (χ4n) is 1.91. The molecule has 0 aromatic carbocycles. The van der Waals surface area contributed by atoms with E-state index in [2.05, 4.69) is 10.3 Å². The zero-order chi connectivity index (χ0) is 14.3. The molecule has 1 atom stereocenters. The predicted octanol–water partition coefficient (Wildman–Crippen LogP) is 0.510. The van der Waals surface area contributed by atoms with Crippen molar-refractivity contribution in [2.75, 3.05) is 26.2 Å². The van der Waals surface area contributed by atoms with Crippen LogP contribution in [-0.4, -0.2) is 60.4 Å². The zero-order valence-corrected chi connectivity index (χ0v) is 14.4. The monoisotopic (exact) mass is 400 g/mol. The molecule has 0 aromatic heterocycles. The van der Waals surface area contributed by atoms with Crippen molar-refractivity contribution in [3.63, 3.8) is 0 Å². The topological polar surface area (TPSA) is 100 Å². The van der Waals surface area contributed by atoms with Gasteiger partial charge in [-0.3, -0.25) is 4.99 Å². The second kappa shape index (κ2) is 10.0. The van der Waals surface area contributed by atoms with Gasteiger partial charge in [-0.15, -0.1) is 24.0 Å². The molecule has 1 unspecified atom stereocenters. The SMILES string of the molecule is CCOC(=O)N1CCC(NC(N)=NCC(C)O)CC1.I. The van der Waals surface area contributed by atoms with Crippen molar-refractivity contribution in [3.05, 3.63) is 0 Å². The van der Waals surface area contributed by atoms with E-state index >= 15 is 0 Å². The normalized spacial score (nSPS) is 18.1. The van der Waals surface area contributed by atoms with Gasteiger partial charge in [0.25, 0.3) is 0 Å². The average Bonchev–Trinajstić information content (AvgIpc) is 2.37. The number of hydrogen-bond acceptors (Lipinski definition) is 4. The lowest BCUT2D eigenvalue weighted by molar-refractivity contribution is 0.0963. The molecule has 0 saturated carbocycles. The van der Waals surface area contributed by atoms with Crippen molar-refractivity contribution < 1.29 is 14.6 Å². The fourth-order valence-corrected chi connectivity index (χ4v) is 1.91. The van der Waals surface area contributed by atoms with Gasteiger partial charge in [-0.2, -0.15) is 0 Å². The van der Waals surface area contributed by atoms with E-state index < -0.39 is 6.10 Å². The smallest absolute Gasteiger partial charge is 0.409 e. The van der Waals surface area contributed by atoms with Crippen LogP contribution in [0.15, 0.2) is 4.99 Å². The summed E-state index contributed by atoms with van der Waals surface area (Å²) >= 11 is 0. The quantitative estimate of drug-likeness (QED) is 0.363. The molecule has 1 heterocycles. The van der Waals surface area contributed by atoms with Crippen LogP contribution in [0.2, 0.25) is 0 Å². The molecule has 1 rings (SSSR count). The second-order valence-corrected chi connectivity index (χ2v) is 4.68. The van der Waals surface area contributed by atoms with Crippen LogP contribution in [0.25, 0.3) is 0 Å². The lowest BCUT2D eigenvalue weighted by Crippen LogP contribution is -2.48. The van der Waals surface area contributed by atoms with Crippen LogP contribution in [0.4, 0.5) is 4.79 Å². The van der Waals surface area contributed by atoms with Crippen molar-refractivity contribution in [2.24, 2.45) is 10.7 Å². The third-order valence-corrected chi connectivity index (χ3v) is 2.90. The van der Waals surface area contributed by atoms with E-state index in [1.807, 2.05) is 0 Å². The van der Waals surface area contributed by atoms with E-state index in [0.29, 0.717) is 32.2 Å². The Bertz CT molecular complexity index is 318. The Morgan fingerprint density at radius 1 is 1.55 bits per heavy atom. The number of carbonyl (C=O) groups excluding carboxylic acids is 1. The van der Waals surface area contributed by atoms with Crippen molar-refractivity contribution in [1.29, 1.82) is 0 Å². The highest BCUT2D eigenvalue weighted by molar-refractivity contribution is 14.0. The molecule has 118 valence electrons. The Morgan fingerprint density at radius 2 is 2.15 bits per heavy atom. The molecule has 0 aromatic rings. The van der Waals surface area contributed by atoms with Gasteiger partial charge < -0.3 is 25.8 Å². The molecule has 0 aliphatic carbocycles. The minimum atomic E-state index is -0.494. The second-order valence-electron chi connectivity index (χ2n) is 4.68. The van der Waals surface area contributed by atoms with Crippen LogP contribution >= 0.6 is 24.0 Å². The molecule has 1 aliphatic heterocycles. The maximum atomic E-state index is 11.5. The van der Waals surface area contributed by atoms with E-state index in [1.54, 1.807) is 18.7 Å². The number of nitrogens with one attached hydrogen (secondary N) is 1. The third-order valence-electron chi connectivity index (χ3n) is 2.90. The number of nitrogens with two attached hydrogens (primary N) is 1. The number of piperidine rings is 1. The van der Waals surface area contributed by atoms with Crippen LogP contribution in [0, 0.1) is 0 Å². The molecule has 1 saturated heterocycles. The number of likely N-dealkylation sites (tertiary alicyclic amines) is 1. The van der Waals surface area contributed by atoms with Gasteiger partial charge >= 0.3 is 6.09 Å². The number of nitrogens with zero attached hydrogens (tertiary/aromatic N) is 2. The Kier molecular flexibility index (Phi) is 9.64. The van der Waals surface area contributed by atoms with Crippen LogP contribution in [0.3, 0.4) is 0 Å². The number of rotatable bonds is 4. The lowest BCUT2D eigenvalue weighted by Gasteiger charge is -2.31. The van der Waals surface area contributed by atoms with Gasteiger partial charge in [0.05, 0.1) is 19.3 Å². The number of amides is 1. The number of aliphatic imine (C=N–C) groups is 1. The molecule has 7 nitrogen and oxygen atoms in total. The summed E-state index contributed by atoms with van der Waals surface area (Å²) in [7, 11) is 0. The first kappa shape index (κ1) is 19.2. The average molecular weight is 400 g/mol. The van der Waals surface area contributed by atoms with Gasteiger partial charge in [-0.1, -0.05) is 0 Å². The Morgan fingerprint density at radius 3 is 2.65 bits per heavy atom. The molecule has 1 fully saturated rings. The molecule has 1 aliphatic rings. The van der Waals surface area contributed by atoms with E-state index in [0.717, 1.165) is 12.8 Å². The van der Waals surface area contributed by atoms with E-state index in [1.165, 1.54) is 0 Å². The first-order valence-electron chi connectivity index (χ1n) is 6.69. The van der Waals surface area contributed by atoms with Crippen LogP contribution < -0.4 is 11.1 Å². The molecule has 0 spiro atoms. The summed E-state index contributed by atoms with van der Waals surface area (Å²) in [6.07, 6.45) is 0.871. The first-order chi connectivity index (χ1) is 9.02. The highest BCUT2D eigenvalue weighted by atomic mass is 127. The maximum absolute atomic E-state index is 11.5. The van der Waals surface area contributed by atoms with Crippen LogP contribution in [0.1, 0.15) is 26.7 Å². The zero-order valence-electron chi connectivity index (χ0n) is 12.0. The van der Waals surface area contributed by atoms with E-state index in [4.69, 9.17) is 15.6 Å². The molecule has 0 radical (unpaired) electrons. The summed E-state index contributed by atoms with van der Waals surface area (Å²) < 4.78 is 4.95. The van der Waals surface area contributed by atoms with Gasteiger partial charge in [0.2, 0.25) is 0 Å². The van der Waals surface area contributed by atoms with Crippen molar-refractivity contribution >= 4 is 36.0 Å². The van der Waals surface area contributed by atoms with Crippen LogP contribution in [-0.2, 0) is 4.74 Å². The summed E-state index contributed by atoms with van der Waals surface area (Å²) in [4.78, 5) is 17.2. The number of hydrogen-bond donors (Lipinski definition) is 3. The third kappa shape index (κ3) is 7.13. The fraction of sp³-hybridized carbons (Fsp3) is 0.833. The summed E-state index contributed by atoms with van der Waals surface area (Å²) in [5, 5.41) is 12.2. The highest BCUT2D eigenvalue weighted by Gasteiger charge is 2.23. The molecule has 20 heavy (non-hydrogen) atoms. The Labute approximate surface area is 137 Å². The van der Waals surface area contributed by atoms with E-state index in [-0.39, 0.29) is 36.1 Å². The van der Waals surface area contributed by atoms with Gasteiger partial charge in [0.1, 0.15) is 0 Å². The van der Waals surface area contributed by atoms with Gasteiger partial charge in [-0.25, -0.2) is 4.79 Å². The number of aliphatic hydroxyl groups excluding tert-OH is 1. The van der Waals surface area contributed by atoms with Crippen molar-refractivity contribution in [3.8, 4) is 0 Å². The molecule has 4 N–H and O–H groups in total. The Hall–Kier alpha value is -0.770. The first-order valence-corrected chi connectivity index (χ1v) is 6.69. The minimum Gasteiger partial charge on any atom is -0.450 e.